The van der Waals surface area contributed by atoms with E-state index in [1.807, 2.05) is 13.8 Å². The van der Waals surface area contributed by atoms with Crippen molar-refractivity contribution in [3.8, 4) is 0 Å². The predicted octanol–water partition coefficient (Wildman–Crippen LogP) is 3.15. The highest BCUT2D eigenvalue weighted by atomic mass is 19.3. The molecule has 0 aromatic rings. The number of nitrogens with zero attached hydrogens (tertiary/aromatic N) is 1. The van der Waals surface area contributed by atoms with Crippen LogP contribution in [0.4, 0.5) is 8.78 Å². The maximum atomic E-state index is 12.6. The Labute approximate surface area is 80.1 Å². The molecule has 0 fully saturated rings. The molecule has 0 spiro atoms. The number of hydrogen-bond acceptors (Lipinski definition) is 1. The summed E-state index contributed by atoms with van der Waals surface area (Å²) < 4.78 is 25.1. The molecule has 13 heavy (non-hydrogen) atoms. The topological polar surface area (TPSA) is 3.24 Å². The van der Waals surface area contributed by atoms with Crippen LogP contribution in [0.15, 0.2) is 0 Å². The smallest absolute Gasteiger partial charge is 0.246 e. The van der Waals surface area contributed by atoms with Gasteiger partial charge in [-0.15, -0.1) is 0 Å². The number of alkyl halides is 2. The maximum Gasteiger partial charge on any atom is 0.246 e. The first-order valence-corrected chi connectivity index (χ1v) is 4.98. The second-order valence-electron chi connectivity index (χ2n) is 3.95. The fourth-order valence-corrected chi connectivity index (χ4v) is 1.26. The van der Waals surface area contributed by atoms with Crippen LogP contribution in [0, 0.1) is 0 Å². The van der Waals surface area contributed by atoms with Crippen molar-refractivity contribution >= 4 is 0 Å². The summed E-state index contributed by atoms with van der Waals surface area (Å²) >= 11 is 0. The van der Waals surface area contributed by atoms with E-state index in [4.69, 9.17) is 0 Å². The van der Waals surface area contributed by atoms with Crippen LogP contribution < -0.4 is 0 Å². The monoisotopic (exact) mass is 193 g/mol. The van der Waals surface area contributed by atoms with Crippen molar-refractivity contribution in [3.63, 3.8) is 0 Å². The highest BCUT2D eigenvalue weighted by Gasteiger charge is 2.22. The van der Waals surface area contributed by atoms with Crippen molar-refractivity contribution in [3.05, 3.63) is 0 Å². The molecular formula is C10H21F2N. The van der Waals surface area contributed by atoms with Gasteiger partial charge in [-0.1, -0.05) is 6.92 Å². The molecule has 0 rings (SSSR count). The minimum Gasteiger partial charge on any atom is -0.301 e. The molecule has 3 heteroatoms. The van der Waals surface area contributed by atoms with E-state index in [1.165, 1.54) is 0 Å². The van der Waals surface area contributed by atoms with Crippen LogP contribution in [0.3, 0.4) is 0 Å². The van der Waals surface area contributed by atoms with E-state index in [9.17, 15) is 8.78 Å². The summed E-state index contributed by atoms with van der Waals surface area (Å²) in [6.07, 6.45) is 0.985. The van der Waals surface area contributed by atoms with Crippen molar-refractivity contribution in [2.45, 2.75) is 52.5 Å². The molecule has 0 unspecified atom stereocenters. The number of rotatable bonds is 6. The Balaban J connectivity index is 3.82. The largest absolute Gasteiger partial charge is 0.301 e. The highest BCUT2D eigenvalue weighted by molar-refractivity contribution is 4.67. The molecule has 0 radical (unpaired) electrons. The zero-order valence-corrected chi connectivity index (χ0v) is 9.11. The van der Waals surface area contributed by atoms with E-state index in [0.29, 0.717) is 12.6 Å². The molecule has 0 amide bonds. The number of hydrogen-bond donors (Lipinski definition) is 0. The lowest BCUT2D eigenvalue weighted by Crippen LogP contribution is -2.34. The van der Waals surface area contributed by atoms with Gasteiger partial charge < -0.3 is 4.90 Å². The molecule has 80 valence electrons. The van der Waals surface area contributed by atoms with Gasteiger partial charge in [0, 0.05) is 19.0 Å². The highest BCUT2D eigenvalue weighted by Crippen LogP contribution is 2.17. The van der Waals surface area contributed by atoms with Crippen molar-refractivity contribution < 1.29 is 8.78 Å². The fraction of sp³-hybridized carbons (Fsp3) is 1.00. The molecule has 1 nitrogen and oxygen atoms in total. The molecule has 0 aliphatic heterocycles. The van der Waals surface area contributed by atoms with E-state index in [1.54, 1.807) is 0 Å². The lowest BCUT2D eigenvalue weighted by Gasteiger charge is -2.27. The Hall–Kier alpha value is -0.180. The van der Waals surface area contributed by atoms with Crippen LogP contribution in [0.5, 0.6) is 0 Å². The molecule has 0 saturated heterocycles. The van der Waals surface area contributed by atoms with Crippen LogP contribution in [0.25, 0.3) is 0 Å². The molecule has 0 aliphatic rings. The minimum atomic E-state index is -2.53. The van der Waals surface area contributed by atoms with Gasteiger partial charge >= 0.3 is 0 Å². The van der Waals surface area contributed by atoms with E-state index in [0.717, 1.165) is 19.9 Å². The Morgan fingerprint density at radius 3 is 2.08 bits per heavy atom. The normalized spacial score (nSPS) is 12.9. The molecule has 0 saturated carbocycles. The lowest BCUT2D eigenvalue weighted by molar-refractivity contribution is 0.000507. The first-order chi connectivity index (χ1) is 5.87. The quantitative estimate of drug-likeness (QED) is 0.626. The summed E-state index contributed by atoms with van der Waals surface area (Å²) in [5.41, 5.74) is 0. The van der Waals surface area contributed by atoms with E-state index >= 15 is 0 Å². The molecule has 0 heterocycles. The van der Waals surface area contributed by atoms with Gasteiger partial charge in [-0.2, -0.15) is 0 Å². The van der Waals surface area contributed by atoms with Gasteiger partial charge in [0.2, 0.25) is 5.92 Å². The van der Waals surface area contributed by atoms with E-state index in [-0.39, 0.29) is 6.42 Å². The molecule has 0 bridgehead atoms. The molecule has 0 atom stereocenters. The van der Waals surface area contributed by atoms with Gasteiger partial charge in [0.15, 0.2) is 0 Å². The van der Waals surface area contributed by atoms with Gasteiger partial charge in [-0.25, -0.2) is 8.78 Å². The minimum absolute atomic E-state index is 0.0365. The van der Waals surface area contributed by atoms with Gasteiger partial charge in [0.05, 0.1) is 0 Å². The van der Waals surface area contributed by atoms with Crippen molar-refractivity contribution in [2.24, 2.45) is 0 Å². The van der Waals surface area contributed by atoms with E-state index in [2.05, 4.69) is 11.8 Å². The first-order valence-electron chi connectivity index (χ1n) is 4.98. The van der Waals surface area contributed by atoms with Gasteiger partial charge in [0.1, 0.15) is 0 Å². The first kappa shape index (κ1) is 12.8. The van der Waals surface area contributed by atoms with Gasteiger partial charge in [-0.05, 0) is 33.7 Å². The lowest BCUT2D eigenvalue weighted by atomic mass is 10.2. The predicted molar refractivity (Wildman–Crippen MR) is 52.2 cm³/mol. The van der Waals surface area contributed by atoms with Crippen molar-refractivity contribution in [2.75, 3.05) is 13.1 Å². The SMILES string of the molecule is CCCN(CCC(C)(F)F)C(C)C. The fourth-order valence-electron chi connectivity index (χ4n) is 1.26. The average Bonchev–Trinajstić information content (AvgIpc) is 1.95. The standard InChI is InChI=1S/C10H21F2N/c1-5-7-13(9(2)3)8-6-10(4,11)12/h9H,5-8H2,1-4H3. The van der Waals surface area contributed by atoms with Crippen LogP contribution in [-0.4, -0.2) is 30.0 Å². The summed E-state index contributed by atoms with van der Waals surface area (Å²) in [7, 11) is 0. The zero-order valence-electron chi connectivity index (χ0n) is 9.11. The Morgan fingerprint density at radius 2 is 1.77 bits per heavy atom. The summed E-state index contributed by atoms with van der Waals surface area (Å²) in [6.45, 7) is 8.55. The molecule has 0 aromatic carbocycles. The zero-order chi connectivity index (χ0) is 10.5. The van der Waals surface area contributed by atoms with Crippen LogP contribution in [0.2, 0.25) is 0 Å². The summed E-state index contributed by atoms with van der Waals surface area (Å²) in [5.74, 6) is -2.53. The van der Waals surface area contributed by atoms with Crippen LogP contribution in [-0.2, 0) is 0 Å². The summed E-state index contributed by atoms with van der Waals surface area (Å²) in [5, 5.41) is 0. The third-order valence-electron chi connectivity index (χ3n) is 2.08. The van der Waals surface area contributed by atoms with Gasteiger partial charge in [0.25, 0.3) is 0 Å². The third kappa shape index (κ3) is 6.94. The Bertz CT molecular complexity index is 129. The average molecular weight is 193 g/mol. The van der Waals surface area contributed by atoms with Crippen molar-refractivity contribution in [1.29, 1.82) is 0 Å². The van der Waals surface area contributed by atoms with Crippen LogP contribution in [0.1, 0.15) is 40.5 Å². The molecule has 0 aromatic heterocycles. The van der Waals surface area contributed by atoms with Crippen LogP contribution >= 0.6 is 0 Å². The maximum absolute atomic E-state index is 12.6. The molecule has 0 aliphatic carbocycles. The van der Waals surface area contributed by atoms with Crippen molar-refractivity contribution in [1.82, 2.24) is 4.90 Å². The van der Waals surface area contributed by atoms with Gasteiger partial charge in [-0.3, -0.25) is 0 Å². The summed E-state index contributed by atoms with van der Waals surface area (Å²) in [6, 6.07) is 0.363. The Kier molecular flexibility index (Phi) is 5.45. The Morgan fingerprint density at radius 1 is 1.23 bits per heavy atom. The second kappa shape index (κ2) is 5.53. The molecular weight excluding hydrogens is 172 g/mol. The summed E-state index contributed by atoms with van der Waals surface area (Å²) in [4.78, 5) is 2.09. The third-order valence-corrected chi connectivity index (χ3v) is 2.08. The van der Waals surface area contributed by atoms with E-state index < -0.39 is 5.92 Å². The number of halogens is 2. The second-order valence-corrected chi connectivity index (χ2v) is 3.95. The molecule has 0 N–H and O–H groups in total.